The minimum absolute atomic E-state index is 0.0253. The van der Waals surface area contributed by atoms with E-state index in [0.29, 0.717) is 11.3 Å². The summed E-state index contributed by atoms with van der Waals surface area (Å²) < 4.78 is 14.7. The molecule has 0 aliphatic carbocycles. The van der Waals surface area contributed by atoms with E-state index in [2.05, 4.69) is 0 Å². The summed E-state index contributed by atoms with van der Waals surface area (Å²) in [6.07, 6.45) is 0. The third kappa shape index (κ3) is 3.10. The van der Waals surface area contributed by atoms with E-state index < -0.39 is 5.92 Å². The third-order valence-electron chi connectivity index (χ3n) is 2.43. The molecule has 94 valence electrons. The first-order valence-electron chi connectivity index (χ1n) is 5.07. The highest BCUT2D eigenvalue weighted by molar-refractivity contribution is 5.78. The summed E-state index contributed by atoms with van der Waals surface area (Å²) in [7, 11) is 4.28. The molecule has 5 nitrogen and oxygen atoms in total. The summed E-state index contributed by atoms with van der Waals surface area (Å²) in [6.45, 7) is 0.209. The van der Waals surface area contributed by atoms with Crippen LogP contribution in [-0.4, -0.2) is 39.0 Å². The molecular formula is C12H16O5. The van der Waals surface area contributed by atoms with Gasteiger partial charge in [0.1, 0.15) is 5.92 Å². The van der Waals surface area contributed by atoms with Gasteiger partial charge in [-0.1, -0.05) is 6.07 Å². The molecule has 0 saturated heterocycles. The lowest BCUT2D eigenvalue weighted by Gasteiger charge is -2.15. The number of rotatable bonds is 5. The highest BCUT2D eigenvalue weighted by atomic mass is 16.5. The standard InChI is InChI=1S/C12H16O5/c1-15-7-9(12(14)17-3)8-4-5-10(13)11(6-8)16-2/h4-6,9,13H,7H2,1-3H3. The topological polar surface area (TPSA) is 65.0 Å². The Morgan fingerprint density at radius 3 is 2.59 bits per heavy atom. The summed E-state index contributed by atoms with van der Waals surface area (Å²) in [6, 6.07) is 4.70. The van der Waals surface area contributed by atoms with E-state index in [9.17, 15) is 9.90 Å². The van der Waals surface area contributed by atoms with Crippen molar-refractivity contribution in [1.29, 1.82) is 0 Å². The maximum Gasteiger partial charge on any atom is 0.315 e. The van der Waals surface area contributed by atoms with Crippen LogP contribution in [-0.2, 0) is 14.3 Å². The second kappa shape index (κ2) is 6.10. The number of phenols is 1. The van der Waals surface area contributed by atoms with E-state index in [-0.39, 0.29) is 18.3 Å². The van der Waals surface area contributed by atoms with Crippen molar-refractivity contribution in [3.63, 3.8) is 0 Å². The summed E-state index contributed by atoms with van der Waals surface area (Å²) in [4.78, 5) is 11.6. The van der Waals surface area contributed by atoms with Crippen LogP contribution in [0, 0.1) is 0 Å². The van der Waals surface area contributed by atoms with Crippen molar-refractivity contribution < 1.29 is 24.1 Å². The smallest absolute Gasteiger partial charge is 0.315 e. The molecule has 1 aromatic carbocycles. The van der Waals surface area contributed by atoms with E-state index in [1.807, 2.05) is 0 Å². The Bertz CT molecular complexity index is 388. The molecule has 0 aromatic heterocycles. The van der Waals surface area contributed by atoms with Crippen molar-refractivity contribution in [2.24, 2.45) is 0 Å². The van der Waals surface area contributed by atoms with Crippen LogP contribution < -0.4 is 4.74 Å². The van der Waals surface area contributed by atoms with Crippen molar-refractivity contribution in [1.82, 2.24) is 0 Å². The second-order valence-electron chi connectivity index (χ2n) is 3.46. The van der Waals surface area contributed by atoms with Gasteiger partial charge in [0.05, 0.1) is 20.8 Å². The molecule has 0 radical (unpaired) electrons. The molecule has 0 spiro atoms. The fourth-order valence-electron chi connectivity index (χ4n) is 1.52. The summed E-state index contributed by atoms with van der Waals surface area (Å²) in [5.74, 6) is -0.580. The van der Waals surface area contributed by atoms with Crippen LogP contribution in [0.1, 0.15) is 11.5 Å². The number of aromatic hydroxyl groups is 1. The van der Waals surface area contributed by atoms with Crippen LogP contribution in [0.15, 0.2) is 18.2 Å². The minimum Gasteiger partial charge on any atom is -0.504 e. The van der Waals surface area contributed by atoms with Crippen LogP contribution in [0.25, 0.3) is 0 Å². The molecule has 0 aliphatic heterocycles. The van der Waals surface area contributed by atoms with Gasteiger partial charge in [-0.05, 0) is 17.7 Å². The number of hydrogen-bond acceptors (Lipinski definition) is 5. The Labute approximate surface area is 99.9 Å². The molecule has 0 heterocycles. The number of hydrogen-bond donors (Lipinski definition) is 1. The van der Waals surface area contributed by atoms with Crippen LogP contribution in [0.3, 0.4) is 0 Å². The van der Waals surface area contributed by atoms with E-state index in [1.165, 1.54) is 27.4 Å². The molecule has 1 rings (SSSR count). The Hall–Kier alpha value is -1.75. The number of phenolic OH excluding ortho intramolecular Hbond substituents is 1. The van der Waals surface area contributed by atoms with Gasteiger partial charge in [-0.25, -0.2) is 0 Å². The predicted octanol–water partition coefficient (Wildman–Crippen LogP) is 1.30. The average Bonchev–Trinajstić information content (AvgIpc) is 2.36. The van der Waals surface area contributed by atoms with Gasteiger partial charge >= 0.3 is 5.97 Å². The average molecular weight is 240 g/mol. The minimum atomic E-state index is -0.528. The van der Waals surface area contributed by atoms with Crippen LogP contribution in [0.5, 0.6) is 11.5 Å². The van der Waals surface area contributed by atoms with Crippen molar-refractivity contribution in [2.45, 2.75) is 5.92 Å². The molecule has 0 amide bonds. The van der Waals surface area contributed by atoms with Crippen LogP contribution in [0.4, 0.5) is 0 Å². The molecular weight excluding hydrogens is 224 g/mol. The third-order valence-corrected chi connectivity index (χ3v) is 2.43. The van der Waals surface area contributed by atoms with Gasteiger partial charge in [0.15, 0.2) is 11.5 Å². The Balaban J connectivity index is 3.05. The Morgan fingerprint density at radius 2 is 2.06 bits per heavy atom. The van der Waals surface area contributed by atoms with Crippen molar-refractivity contribution in [3.05, 3.63) is 23.8 Å². The van der Waals surface area contributed by atoms with Crippen LogP contribution in [0.2, 0.25) is 0 Å². The predicted molar refractivity (Wildman–Crippen MR) is 61.3 cm³/mol. The van der Waals surface area contributed by atoms with Gasteiger partial charge < -0.3 is 19.3 Å². The first-order chi connectivity index (χ1) is 8.13. The van der Waals surface area contributed by atoms with Gasteiger partial charge in [0, 0.05) is 7.11 Å². The van der Waals surface area contributed by atoms with E-state index >= 15 is 0 Å². The molecule has 1 aromatic rings. The highest BCUT2D eigenvalue weighted by Crippen LogP contribution is 2.30. The van der Waals surface area contributed by atoms with Crippen molar-refractivity contribution in [3.8, 4) is 11.5 Å². The summed E-state index contributed by atoms with van der Waals surface area (Å²) >= 11 is 0. The SMILES string of the molecule is COCC(C(=O)OC)c1ccc(O)c(OC)c1. The highest BCUT2D eigenvalue weighted by Gasteiger charge is 2.22. The lowest BCUT2D eigenvalue weighted by atomic mass is 9.99. The molecule has 1 atom stereocenters. The number of methoxy groups -OCH3 is 3. The summed E-state index contributed by atoms with van der Waals surface area (Å²) in [5.41, 5.74) is 0.674. The Morgan fingerprint density at radius 1 is 1.35 bits per heavy atom. The van der Waals surface area contributed by atoms with Crippen molar-refractivity contribution >= 4 is 5.97 Å². The zero-order valence-corrected chi connectivity index (χ0v) is 10.1. The molecule has 0 fully saturated rings. The largest absolute Gasteiger partial charge is 0.504 e. The fourth-order valence-corrected chi connectivity index (χ4v) is 1.52. The number of ether oxygens (including phenoxy) is 3. The zero-order chi connectivity index (χ0) is 12.8. The molecule has 0 saturated carbocycles. The monoisotopic (exact) mass is 240 g/mol. The van der Waals surface area contributed by atoms with Crippen LogP contribution >= 0.6 is 0 Å². The first-order valence-corrected chi connectivity index (χ1v) is 5.07. The number of carbonyl (C=O) groups is 1. The molecule has 1 N–H and O–H groups in total. The maximum absolute atomic E-state index is 11.6. The second-order valence-corrected chi connectivity index (χ2v) is 3.46. The molecule has 17 heavy (non-hydrogen) atoms. The number of esters is 1. The van der Waals surface area contributed by atoms with Gasteiger partial charge in [-0.2, -0.15) is 0 Å². The van der Waals surface area contributed by atoms with E-state index in [4.69, 9.17) is 14.2 Å². The number of benzene rings is 1. The quantitative estimate of drug-likeness (QED) is 0.786. The van der Waals surface area contributed by atoms with E-state index in [0.717, 1.165) is 0 Å². The molecule has 1 unspecified atom stereocenters. The maximum atomic E-state index is 11.6. The first kappa shape index (κ1) is 13.3. The fraction of sp³-hybridized carbons (Fsp3) is 0.417. The zero-order valence-electron chi connectivity index (χ0n) is 10.1. The van der Waals surface area contributed by atoms with Crippen molar-refractivity contribution in [2.75, 3.05) is 27.9 Å². The molecule has 5 heteroatoms. The Kier molecular flexibility index (Phi) is 4.78. The summed E-state index contributed by atoms with van der Waals surface area (Å²) in [5, 5.41) is 9.47. The van der Waals surface area contributed by atoms with E-state index in [1.54, 1.807) is 12.1 Å². The van der Waals surface area contributed by atoms with Gasteiger partial charge in [-0.15, -0.1) is 0 Å². The van der Waals surface area contributed by atoms with Gasteiger partial charge in [0.25, 0.3) is 0 Å². The van der Waals surface area contributed by atoms with Gasteiger partial charge in [0.2, 0.25) is 0 Å². The lowest BCUT2D eigenvalue weighted by molar-refractivity contribution is -0.143. The normalized spacial score (nSPS) is 11.9. The number of carbonyl (C=O) groups excluding carboxylic acids is 1. The molecule has 0 bridgehead atoms. The molecule has 0 aliphatic rings. The lowest BCUT2D eigenvalue weighted by Crippen LogP contribution is -2.19. The van der Waals surface area contributed by atoms with Gasteiger partial charge in [-0.3, -0.25) is 4.79 Å².